The zero-order valence-corrected chi connectivity index (χ0v) is 17.0. The topological polar surface area (TPSA) is 93.7 Å². The van der Waals surface area contributed by atoms with Crippen molar-refractivity contribution in [2.45, 2.75) is 19.9 Å². The molecule has 154 valence electrons. The van der Waals surface area contributed by atoms with Gasteiger partial charge < -0.3 is 20.1 Å². The Bertz CT molecular complexity index is 837. The van der Waals surface area contributed by atoms with Crippen molar-refractivity contribution in [3.63, 3.8) is 0 Å². The van der Waals surface area contributed by atoms with E-state index in [0.717, 1.165) is 5.56 Å². The van der Waals surface area contributed by atoms with Crippen molar-refractivity contribution in [2.24, 2.45) is 0 Å². The lowest BCUT2D eigenvalue weighted by atomic mass is 10.1. The second kappa shape index (κ2) is 11.1. The van der Waals surface area contributed by atoms with Gasteiger partial charge in [0.15, 0.2) is 6.61 Å². The fraction of sp³-hybridized carbons (Fsp3) is 0.286. The molecule has 2 rings (SSSR count). The Morgan fingerprint density at radius 2 is 1.69 bits per heavy atom. The lowest BCUT2D eigenvalue weighted by molar-refractivity contribution is -0.147. The van der Waals surface area contributed by atoms with Gasteiger partial charge in [0.25, 0.3) is 11.8 Å². The first-order chi connectivity index (χ1) is 13.9. The standard InChI is InChI=1S/C21H23ClN2O5/c1-3-28-18-10-6-16(7-11-18)21(27)23-12-20(26)29-13-19(25)24-14(2)15-4-8-17(22)9-5-15/h4-11,14H,3,12-13H2,1-2H3,(H,23,27)(H,24,25)/t14-/m1/s1. The number of halogens is 1. The lowest BCUT2D eigenvalue weighted by Gasteiger charge is -2.14. The van der Waals surface area contributed by atoms with Crippen LogP contribution in [0.4, 0.5) is 0 Å². The molecule has 2 aromatic carbocycles. The van der Waals surface area contributed by atoms with Gasteiger partial charge in [-0.25, -0.2) is 0 Å². The van der Waals surface area contributed by atoms with Crippen LogP contribution < -0.4 is 15.4 Å². The molecule has 2 amide bonds. The molecule has 0 fully saturated rings. The van der Waals surface area contributed by atoms with E-state index >= 15 is 0 Å². The molecule has 2 aromatic rings. The van der Waals surface area contributed by atoms with E-state index in [1.807, 2.05) is 6.92 Å². The number of rotatable bonds is 9. The zero-order valence-electron chi connectivity index (χ0n) is 16.2. The third kappa shape index (κ3) is 7.46. The minimum absolute atomic E-state index is 0.266. The van der Waals surface area contributed by atoms with Crippen LogP contribution in [-0.2, 0) is 14.3 Å². The summed E-state index contributed by atoms with van der Waals surface area (Å²) in [6.45, 7) is 3.43. The van der Waals surface area contributed by atoms with Crippen molar-refractivity contribution in [2.75, 3.05) is 19.8 Å². The Morgan fingerprint density at radius 3 is 2.31 bits per heavy atom. The molecule has 1 atom stereocenters. The molecule has 0 aliphatic rings. The third-order valence-corrected chi connectivity index (χ3v) is 4.18. The summed E-state index contributed by atoms with van der Waals surface area (Å²) in [4.78, 5) is 35.7. The lowest BCUT2D eigenvalue weighted by Crippen LogP contribution is -2.34. The molecular weight excluding hydrogens is 396 g/mol. The highest BCUT2D eigenvalue weighted by Crippen LogP contribution is 2.16. The Kier molecular flexibility index (Phi) is 8.48. The zero-order chi connectivity index (χ0) is 21.2. The minimum Gasteiger partial charge on any atom is -0.494 e. The summed E-state index contributed by atoms with van der Waals surface area (Å²) in [6, 6.07) is 13.3. The van der Waals surface area contributed by atoms with Gasteiger partial charge in [-0.1, -0.05) is 23.7 Å². The molecular formula is C21H23ClN2O5. The Labute approximate surface area is 174 Å². The van der Waals surface area contributed by atoms with Gasteiger partial charge in [0.05, 0.1) is 12.6 Å². The van der Waals surface area contributed by atoms with Crippen molar-refractivity contribution in [3.8, 4) is 5.75 Å². The molecule has 0 saturated carbocycles. The predicted octanol–water partition coefficient (Wildman–Crippen LogP) is 2.89. The van der Waals surface area contributed by atoms with E-state index in [-0.39, 0.29) is 12.6 Å². The molecule has 0 unspecified atom stereocenters. The molecule has 29 heavy (non-hydrogen) atoms. The van der Waals surface area contributed by atoms with Crippen molar-refractivity contribution < 1.29 is 23.9 Å². The van der Waals surface area contributed by atoms with E-state index < -0.39 is 24.4 Å². The molecule has 0 aliphatic carbocycles. The number of benzene rings is 2. The smallest absolute Gasteiger partial charge is 0.325 e. The summed E-state index contributed by atoms with van der Waals surface area (Å²) in [5.74, 6) is -0.926. The predicted molar refractivity (Wildman–Crippen MR) is 109 cm³/mol. The summed E-state index contributed by atoms with van der Waals surface area (Å²) in [5.41, 5.74) is 1.26. The molecule has 0 saturated heterocycles. The summed E-state index contributed by atoms with van der Waals surface area (Å²) in [5, 5.41) is 5.77. The molecule has 0 radical (unpaired) electrons. The van der Waals surface area contributed by atoms with E-state index in [1.54, 1.807) is 55.5 Å². The minimum atomic E-state index is -0.710. The van der Waals surface area contributed by atoms with Gasteiger partial charge in [-0.3, -0.25) is 14.4 Å². The van der Waals surface area contributed by atoms with Gasteiger partial charge in [-0.2, -0.15) is 0 Å². The molecule has 2 N–H and O–H groups in total. The van der Waals surface area contributed by atoms with E-state index in [4.69, 9.17) is 21.1 Å². The average molecular weight is 419 g/mol. The normalized spacial score (nSPS) is 11.3. The van der Waals surface area contributed by atoms with E-state index in [2.05, 4.69) is 10.6 Å². The second-order valence-electron chi connectivity index (χ2n) is 6.14. The second-order valence-corrected chi connectivity index (χ2v) is 6.58. The van der Waals surface area contributed by atoms with Crippen molar-refractivity contribution in [1.29, 1.82) is 0 Å². The van der Waals surface area contributed by atoms with Crippen LogP contribution in [0.25, 0.3) is 0 Å². The molecule has 0 bridgehead atoms. The highest BCUT2D eigenvalue weighted by atomic mass is 35.5. The van der Waals surface area contributed by atoms with E-state index in [1.165, 1.54) is 0 Å². The number of nitrogens with one attached hydrogen (secondary N) is 2. The average Bonchev–Trinajstić information content (AvgIpc) is 2.71. The molecule has 8 heteroatoms. The monoisotopic (exact) mass is 418 g/mol. The fourth-order valence-corrected chi connectivity index (χ4v) is 2.56. The van der Waals surface area contributed by atoms with Crippen LogP contribution >= 0.6 is 11.6 Å². The quantitative estimate of drug-likeness (QED) is 0.611. The van der Waals surface area contributed by atoms with E-state index in [9.17, 15) is 14.4 Å². The van der Waals surface area contributed by atoms with E-state index in [0.29, 0.717) is 22.9 Å². The molecule has 0 aromatic heterocycles. The maximum Gasteiger partial charge on any atom is 0.325 e. The highest BCUT2D eigenvalue weighted by Gasteiger charge is 2.13. The molecule has 0 aliphatic heterocycles. The van der Waals surface area contributed by atoms with Gasteiger partial charge in [0.2, 0.25) is 0 Å². The van der Waals surface area contributed by atoms with Crippen molar-refractivity contribution in [3.05, 3.63) is 64.7 Å². The van der Waals surface area contributed by atoms with Gasteiger partial charge in [0.1, 0.15) is 12.3 Å². The summed E-state index contributed by atoms with van der Waals surface area (Å²) in [7, 11) is 0. The van der Waals surface area contributed by atoms with Crippen molar-refractivity contribution >= 4 is 29.4 Å². The number of hydrogen-bond donors (Lipinski definition) is 2. The number of amides is 2. The van der Waals surface area contributed by atoms with Crippen LogP contribution in [-0.4, -0.2) is 37.5 Å². The van der Waals surface area contributed by atoms with Gasteiger partial charge in [-0.05, 0) is 55.8 Å². The number of carbonyl (C=O) groups is 3. The number of ether oxygens (including phenoxy) is 2. The van der Waals surface area contributed by atoms with Crippen LogP contribution in [0.5, 0.6) is 5.75 Å². The first-order valence-electron chi connectivity index (χ1n) is 9.10. The van der Waals surface area contributed by atoms with Gasteiger partial charge in [0, 0.05) is 10.6 Å². The molecule has 7 nitrogen and oxygen atoms in total. The fourth-order valence-electron chi connectivity index (χ4n) is 2.44. The highest BCUT2D eigenvalue weighted by molar-refractivity contribution is 6.30. The van der Waals surface area contributed by atoms with Crippen molar-refractivity contribution in [1.82, 2.24) is 10.6 Å². The SMILES string of the molecule is CCOc1ccc(C(=O)NCC(=O)OCC(=O)N[C@H](C)c2ccc(Cl)cc2)cc1. The third-order valence-electron chi connectivity index (χ3n) is 3.93. The summed E-state index contributed by atoms with van der Waals surface area (Å²) < 4.78 is 10.2. The number of esters is 1. The Morgan fingerprint density at radius 1 is 1.03 bits per heavy atom. The van der Waals surface area contributed by atoms with Crippen LogP contribution in [0.15, 0.2) is 48.5 Å². The number of hydrogen-bond acceptors (Lipinski definition) is 5. The first kappa shape index (κ1) is 22.2. The Hall–Kier alpha value is -3.06. The molecule has 0 heterocycles. The van der Waals surface area contributed by atoms with Crippen LogP contribution in [0.1, 0.15) is 35.8 Å². The Balaban J connectivity index is 1.71. The largest absolute Gasteiger partial charge is 0.494 e. The summed E-state index contributed by atoms with van der Waals surface area (Å²) in [6.07, 6.45) is 0. The maximum atomic E-state index is 12.0. The van der Waals surface area contributed by atoms with Gasteiger partial charge in [-0.15, -0.1) is 0 Å². The maximum absolute atomic E-state index is 12.0. The molecule has 0 spiro atoms. The van der Waals surface area contributed by atoms with Crippen LogP contribution in [0.2, 0.25) is 5.02 Å². The first-order valence-corrected chi connectivity index (χ1v) is 9.48. The number of carbonyl (C=O) groups excluding carboxylic acids is 3. The van der Waals surface area contributed by atoms with Crippen LogP contribution in [0, 0.1) is 0 Å². The summed E-state index contributed by atoms with van der Waals surface area (Å²) >= 11 is 5.84. The van der Waals surface area contributed by atoms with Gasteiger partial charge >= 0.3 is 5.97 Å². The van der Waals surface area contributed by atoms with Crippen LogP contribution in [0.3, 0.4) is 0 Å².